The molecule has 2 heterocycles. The molecule has 0 bridgehead atoms. The standard InChI is InChI=1S/C21H30N4O3/c1-2-3-4-5-6-7-15-8-10-16(11-9-15)20-24-18(28-25-20)14-23-21(27)19-17(26)12-13-22-19/h8-11,17,19,22,26H,2-7,12-14H2,1H3,(H,23,27). The maximum atomic E-state index is 12.1. The maximum Gasteiger partial charge on any atom is 0.246 e. The molecule has 1 aromatic heterocycles. The lowest BCUT2D eigenvalue weighted by molar-refractivity contribution is -0.125. The van der Waals surface area contributed by atoms with Crippen LogP contribution in [0.2, 0.25) is 0 Å². The molecule has 3 N–H and O–H groups in total. The summed E-state index contributed by atoms with van der Waals surface area (Å²) in [5.74, 6) is 0.599. The number of benzene rings is 1. The van der Waals surface area contributed by atoms with Gasteiger partial charge in [0.15, 0.2) is 0 Å². The summed E-state index contributed by atoms with van der Waals surface area (Å²) >= 11 is 0. The van der Waals surface area contributed by atoms with Crippen LogP contribution in [-0.2, 0) is 17.8 Å². The summed E-state index contributed by atoms with van der Waals surface area (Å²) in [6.45, 7) is 3.01. The van der Waals surface area contributed by atoms with Crippen molar-refractivity contribution in [3.63, 3.8) is 0 Å². The van der Waals surface area contributed by atoms with Crippen LogP contribution in [0.3, 0.4) is 0 Å². The van der Waals surface area contributed by atoms with E-state index >= 15 is 0 Å². The average molecular weight is 386 g/mol. The smallest absolute Gasteiger partial charge is 0.246 e. The molecule has 0 aliphatic carbocycles. The summed E-state index contributed by atoms with van der Waals surface area (Å²) in [5, 5.41) is 19.4. The van der Waals surface area contributed by atoms with Gasteiger partial charge in [-0.25, -0.2) is 0 Å². The largest absolute Gasteiger partial charge is 0.391 e. The molecule has 2 aromatic rings. The molecule has 0 spiro atoms. The molecule has 28 heavy (non-hydrogen) atoms. The van der Waals surface area contributed by atoms with E-state index in [1.54, 1.807) is 0 Å². The second kappa shape index (κ2) is 10.3. The molecular weight excluding hydrogens is 356 g/mol. The second-order valence-corrected chi connectivity index (χ2v) is 7.38. The lowest BCUT2D eigenvalue weighted by atomic mass is 10.0. The van der Waals surface area contributed by atoms with Crippen molar-refractivity contribution < 1.29 is 14.4 Å². The normalized spacial score (nSPS) is 19.1. The molecule has 7 nitrogen and oxygen atoms in total. The number of carbonyl (C=O) groups is 1. The van der Waals surface area contributed by atoms with Crippen LogP contribution in [0.4, 0.5) is 0 Å². The van der Waals surface area contributed by atoms with Crippen LogP contribution in [0, 0.1) is 0 Å². The molecule has 0 radical (unpaired) electrons. The van der Waals surface area contributed by atoms with Crippen LogP contribution in [0.15, 0.2) is 28.8 Å². The van der Waals surface area contributed by atoms with Crippen LogP contribution in [-0.4, -0.2) is 39.8 Å². The zero-order valence-electron chi connectivity index (χ0n) is 16.5. The monoisotopic (exact) mass is 386 g/mol. The van der Waals surface area contributed by atoms with Crippen molar-refractivity contribution in [3.8, 4) is 11.4 Å². The summed E-state index contributed by atoms with van der Waals surface area (Å²) in [5.41, 5.74) is 2.21. The number of nitrogens with one attached hydrogen (secondary N) is 2. The molecule has 1 amide bonds. The van der Waals surface area contributed by atoms with Crippen LogP contribution in [0.1, 0.15) is 56.9 Å². The molecule has 0 saturated carbocycles. The first kappa shape index (κ1) is 20.5. The number of carbonyl (C=O) groups excluding carboxylic acids is 1. The highest BCUT2D eigenvalue weighted by Gasteiger charge is 2.31. The Labute approximate surface area is 165 Å². The summed E-state index contributed by atoms with van der Waals surface area (Å²) in [4.78, 5) is 16.4. The van der Waals surface area contributed by atoms with Crippen LogP contribution in [0.25, 0.3) is 11.4 Å². The number of unbranched alkanes of at least 4 members (excludes halogenated alkanes) is 4. The van der Waals surface area contributed by atoms with Gasteiger partial charge in [0.25, 0.3) is 0 Å². The Bertz CT molecular complexity index is 744. The Kier molecular flexibility index (Phi) is 7.56. The van der Waals surface area contributed by atoms with Gasteiger partial charge in [0, 0.05) is 5.56 Å². The molecule has 3 rings (SSSR count). The van der Waals surface area contributed by atoms with E-state index in [2.05, 4.69) is 39.8 Å². The van der Waals surface area contributed by atoms with Crippen molar-refractivity contribution in [1.29, 1.82) is 0 Å². The van der Waals surface area contributed by atoms with Gasteiger partial charge in [0.2, 0.25) is 17.6 Å². The lowest BCUT2D eigenvalue weighted by Gasteiger charge is -2.13. The van der Waals surface area contributed by atoms with Gasteiger partial charge in [-0.05, 0) is 31.4 Å². The third-order valence-electron chi connectivity index (χ3n) is 5.13. The van der Waals surface area contributed by atoms with E-state index in [9.17, 15) is 9.90 Å². The van der Waals surface area contributed by atoms with Gasteiger partial charge in [-0.15, -0.1) is 0 Å². The van der Waals surface area contributed by atoms with E-state index in [1.165, 1.54) is 37.7 Å². The number of hydrogen-bond acceptors (Lipinski definition) is 6. The van der Waals surface area contributed by atoms with Crippen LogP contribution < -0.4 is 10.6 Å². The topological polar surface area (TPSA) is 100 Å². The van der Waals surface area contributed by atoms with Gasteiger partial charge < -0.3 is 20.3 Å². The fourth-order valence-electron chi connectivity index (χ4n) is 3.43. The first-order chi connectivity index (χ1) is 13.7. The van der Waals surface area contributed by atoms with E-state index in [0.717, 1.165) is 12.0 Å². The molecule has 7 heteroatoms. The first-order valence-electron chi connectivity index (χ1n) is 10.3. The maximum absolute atomic E-state index is 12.1. The van der Waals surface area contributed by atoms with E-state index in [1.807, 2.05) is 12.1 Å². The summed E-state index contributed by atoms with van der Waals surface area (Å²) in [6, 6.07) is 7.66. The van der Waals surface area contributed by atoms with Gasteiger partial charge >= 0.3 is 0 Å². The Hall–Kier alpha value is -2.25. The van der Waals surface area contributed by atoms with Crippen molar-refractivity contribution >= 4 is 5.91 Å². The Balaban J connectivity index is 1.47. The minimum atomic E-state index is -0.650. The molecule has 1 aliphatic rings. The highest BCUT2D eigenvalue weighted by molar-refractivity contribution is 5.82. The number of amides is 1. The minimum Gasteiger partial charge on any atom is -0.391 e. The van der Waals surface area contributed by atoms with Gasteiger partial charge in [-0.2, -0.15) is 4.98 Å². The lowest BCUT2D eigenvalue weighted by Crippen LogP contribution is -2.45. The fraction of sp³-hybridized carbons (Fsp3) is 0.571. The van der Waals surface area contributed by atoms with Crippen LogP contribution >= 0.6 is 0 Å². The van der Waals surface area contributed by atoms with Gasteiger partial charge in [0.05, 0.1) is 12.6 Å². The number of aromatic nitrogens is 2. The van der Waals surface area contributed by atoms with E-state index < -0.39 is 12.1 Å². The Morgan fingerprint density at radius 1 is 1.25 bits per heavy atom. The van der Waals surface area contributed by atoms with Crippen molar-refractivity contribution in [1.82, 2.24) is 20.8 Å². The van der Waals surface area contributed by atoms with Crippen molar-refractivity contribution in [2.45, 2.75) is 70.6 Å². The SMILES string of the molecule is CCCCCCCc1ccc(-c2noc(CNC(=O)C3NCCC3O)n2)cc1. The highest BCUT2D eigenvalue weighted by atomic mass is 16.5. The number of aryl methyl sites for hydroxylation is 1. The molecule has 1 fully saturated rings. The van der Waals surface area contributed by atoms with Gasteiger partial charge in [0.1, 0.15) is 6.04 Å². The summed E-state index contributed by atoms with van der Waals surface area (Å²) in [7, 11) is 0. The van der Waals surface area contributed by atoms with E-state index in [0.29, 0.717) is 24.7 Å². The second-order valence-electron chi connectivity index (χ2n) is 7.38. The first-order valence-corrected chi connectivity index (χ1v) is 10.3. The van der Waals surface area contributed by atoms with E-state index in [4.69, 9.17) is 4.52 Å². The van der Waals surface area contributed by atoms with Gasteiger partial charge in [-0.1, -0.05) is 62.0 Å². The molecule has 2 unspecified atom stereocenters. The van der Waals surface area contributed by atoms with Crippen molar-refractivity contribution in [2.24, 2.45) is 0 Å². The predicted molar refractivity (Wildman–Crippen MR) is 106 cm³/mol. The molecule has 1 aromatic carbocycles. The number of hydrogen-bond donors (Lipinski definition) is 3. The summed E-state index contributed by atoms with van der Waals surface area (Å²) < 4.78 is 5.23. The number of nitrogens with zero attached hydrogens (tertiary/aromatic N) is 2. The van der Waals surface area contributed by atoms with E-state index in [-0.39, 0.29) is 12.5 Å². The van der Waals surface area contributed by atoms with Crippen molar-refractivity contribution in [3.05, 3.63) is 35.7 Å². The molecule has 2 atom stereocenters. The molecule has 152 valence electrons. The fourth-order valence-corrected chi connectivity index (χ4v) is 3.43. The minimum absolute atomic E-state index is 0.145. The highest BCUT2D eigenvalue weighted by Crippen LogP contribution is 2.18. The predicted octanol–water partition coefficient (Wildman–Crippen LogP) is 2.59. The van der Waals surface area contributed by atoms with Gasteiger partial charge in [-0.3, -0.25) is 4.79 Å². The number of aliphatic hydroxyl groups excluding tert-OH is 1. The summed E-state index contributed by atoms with van der Waals surface area (Å²) in [6.07, 6.45) is 7.42. The zero-order valence-corrected chi connectivity index (χ0v) is 16.5. The third-order valence-corrected chi connectivity index (χ3v) is 5.13. The number of aliphatic hydroxyl groups is 1. The quantitative estimate of drug-likeness (QED) is 0.543. The average Bonchev–Trinajstić information content (AvgIpc) is 3.35. The van der Waals surface area contributed by atoms with Crippen LogP contribution in [0.5, 0.6) is 0 Å². The Morgan fingerprint density at radius 3 is 2.75 bits per heavy atom. The molecular formula is C21H30N4O3. The molecule has 1 aliphatic heterocycles. The molecule has 1 saturated heterocycles. The Morgan fingerprint density at radius 2 is 2.04 bits per heavy atom. The van der Waals surface area contributed by atoms with Crippen molar-refractivity contribution in [2.75, 3.05) is 6.54 Å². The number of rotatable bonds is 10. The third kappa shape index (κ3) is 5.62. The zero-order chi connectivity index (χ0) is 19.8.